The summed E-state index contributed by atoms with van der Waals surface area (Å²) in [6.45, 7) is -0.573. The van der Waals surface area contributed by atoms with Crippen LogP contribution in [0.15, 0.2) is 29.4 Å². The van der Waals surface area contributed by atoms with Crippen molar-refractivity contribution in [1.29, 1.82) is 0 Å². The molecule has 4 rings (SSSR count). The SMILES string of the molecule is NS(=O)(=O)c1cc(NC(=O)c2cc(C3CC3)c(C(F)(F)F)nc2N2CCC(F)(F)CC2)ccn1. The van der Waals surface area contributed by atoms with Gasteiger partial charge in [0.15, 0.2) is 5.03 Å². The first-order valence-electron chi connectivity index (χ1n) is 10.3. The summed E-state index contributed by atoms with van der Waals surface area (Å²) in [6.07, 6.45) is -3.89. The molecule has 2 aromatic heterocycles. The second kappa shape index (κ2) is 8.41. The summed E-state index contributed by atoms with van der Waals surface area (Å²) in [5.41, 5.74) is -1.52. The molecular formula is C20H20F5N5O3S. The van der Waals surface area contributed by atoms with Crippen LogP contribution < -0.4 is 15.4 Å². The summed E-state index contributed by atoms with van der Waals surface area (Å²) in [6, 6.07) is 3.37. The average molecular weight is 505 g/mol. The Labute approximate surface area is 191 Å². The van der Waals surface area contributed by atoms with Gasteiger partial charge in [-0.1, -0.05) is 0 Å². The number of carbonyl (C=O) groups excluding carboxylic acids is 1. The van der Waals surface area contributed by atoms with Crippen molar-refractivity contribution >= 4 is 27.4 Å². The van der Waals surface area contributed by atoms with E-state index in [4.69, 9.17) is 5.14 Å². The van der Waals surface area contributed by atoms with E-state index >= 15 is 0 Å². The standard InChI is InChI=1S/C20H20F5N5O3S/c21-19(22)4-7-30(8-5-19)17-14(10-13(11-1-2-11)16(29-17)20(23,24)25)18(31)28-12-3-6-27-15(9-12)34(26,32)33/h3,6,9-11H,1-2,4-5,7-8H2,(H2,26,32,33)(H,27,28,31). The number of sulfonamides is 1. The minimum Gasteiger partial charge on any atom is -0.355 e. The van der Waals surface area contributed by atoms with Gasteiger partial charge in [-0.3, -0.25) is 4.79 Å². The van der Waals surface area contributed by atoms with Crippen LogP contribution in [-0.2, 0) is 16.2 Å². The van der Waals surface area contributed by atoms with Gasteiger partial charge in [-0.25, -0.2) is 32.3 Å². The highest BCUT2D eigenvalue weighted by Gasteiger charge is 2.43. The number of nitrogens with one attached hydrogen (secondary N) is 1. The fourth-order valence-corrected chi connectivity index (χ4v) is 4.25. The molecule has 0 aromatic carbocycles. The number of amides is 1. The second-order valence-electron chi connectivity index (χ2n) is 8.29. The van der Waals surface area contributed by atoms with E-state index in [0.29, 0.717) is 12.8 Å². The number of primary sulfonamides is 1. The molecule has 0 spiro atoms. The van der Waals surface area contributed by atoms with E-state index in [-0.39, 0.29) is 35.7 Å². The van der Waals surface area contributed by atoms with Crippen molar-refractivity contribution in [2.75, 3.05) is 23.3 Å². The van der Waals surface area contributed by atoms with Crippen LogP contribution in [0, 0.1) is 0 Å². The Kier molecular flexibility index (Phi) is 6.00. The van der Waals surface area contributed by atoms with Crippen molar-refractivity contribution in [3.63, 3.8) is 0 Å². The summed E-state index contributed by atoms with van der Waals surface area (Å²) in [4.78, 5) is 21.7. The van der Waals surface area contributed by atoms with Crippen molar-refractivity contribution in [3.05, 3.63) is 41.2 Å². The number of piperidine rings is 1. The van der Waals surface area contributed by atoms with Gasteiger partial charge in [-0.15, -0.1) is 0 Å². The van der Waals surface area contributed by atoms with Crippen LogP contribution >= 0.6 is 0 Å². The molecule has 184 valence electrons. The zero-order valence-corrected chi connectivity index (χ0v) is 18.4. The first-order chi connectivity index (χ1) is 15.7. The van der Waals surface area contributed by atoms with E-state index in [1.54, 1.807) is 0 Å². The van der Waals surface area contributed by atoms with Crippen molar-refractivity contribution in [2.45, 2.75) is 48.7 Å². The number of halogens is 5. The summed E-state index contributed by atoms with van der Waals surface area (Å²) < 4.78 is 91.7. The third kappa shape index (κ3) is 5.27. The lowest BCUT2D eigenvalue weighted by Gasteiger charge is -2.34. The lowest BCUT2D eigenvalue weighted by Crippen LogP contribution is -2.41. The van der Waals surface area contributed by atoms with E-state index < -0.39 is 57.5 Å². The molecule has 1 amide bonds. The number of anilines is 2. The van der Waals surface area contributed by atoms with Crippen LogP contribution in [0.3, 0.4) is 0 Å². The number of rotatable bonds is 5. The Morgan fingerprint density at radius 3 is 2.38 bits per heavy atom. The maximum absolute atomic E-state index is 13.8. The molecular weight excluding hydrogens is 485 g/mol. The summed E-state index contributed by atoms with van der Waals surface area (Å²) in [7, 11) is -4.17. The van der Waals surface area contributed by atoms with Gasteiger partial charge in [0.2, 0.25) is 0 Å². The van der Waals surface area contributed by atoms with E-state index in [2.05, 4.69) is 15.3 Å². The van der Waals surface area contributed by atoms with Gasteiger partial charge in [0.25, 0.3) is 21.9 Å². The third-order valence-electron chi connectivity index (χ3n) is 5.64. The number of pyridine rings is 2. The van der Waals surface area contributed by atoms with E-state index in [1.165, 1.54) is 11.0 Å². The molecule has 1 saturated heterocycles. The van der Waals surface area contributed by atoms with Gasteiger partial charge >= 0.3 is 6.18 Å². The molecule has 3 N–H and O–H groups in total. The fourth-order valence-electron chi connectivity index (χ4n) is 3.75. The smallest absolute Gasteiger partial charge is 0.355 e. The molecule has 34 heavy (non-hydrogen) atoms. The van der Waals surface area contributed by atoms with Crippen molar-refractivity contribution in [1.82, 2.24) is 9.97 Å². The van der Waals surface area contributed by atoms with Crippen LogP contribution in [0.25, 0.3) is 0 Å². The van der Waals surface area contributed by atoms with Gasteiger partial charge in [-0.05, 0) is 36.5 Å². The predicted octanol–water partition coefficient (Wildman–Crippen LogP) is 3.51. The number of aromatic nitrogens is 2. The minimum absolute atomic E-state index is 0.0203. The summed E-state index contributed by atoms with van der Waals surface area (Å²) in [5, 5.41) is 6.94. The predicted molar refractivity (Wildman–Crippen MR) is 111 cm³/mol. The third-order valence-corrected chi connectivity index (χ3v) is 6.45. The average Bonchev–Trinajstić information content (AvgIpc) is 3.57. The Balaban J connectivity index is 1.75. The number of nitrogens with two attached hydrogens (primary N) is 1. The van der Waals surface area contributed by atoms with Gasteiger partial charge in [0.05, 0.1) is 5.56 Å². The van der Waals surface area contributed by atoms with Crippen molar-refractivity contribution in [3.8, 4) is 0 Å². The molecule has 8 nitrogen and oxygen atoms in total. The first-order valence-corrected chi connectivity index (χ1v) is 11.8. The molecule has 0 bridgehead atoms. The van der Waals surface area contributed by atoms with Crippen LogP contribution in [0.1, 0.15) is 53.2 Å². The van der Waals surface area contributed by atoms with E-state index in [0.717, 1.165) is 18.3 Å². The molecule has 3 heterocycles. The molecule has 14 heteroatoms. The maximum Gasteiger partial charge on any atom is 0.433 e. The van der Waals surface area contributed by atoms with Gasteiger partial charge < -0.3 is 10.2 Å². The molecule has 1 saturated carbocycles. The topological polar surface area (TPSA) is 118 Å². The second-order valence-corrected chi connectivity index (χ2v) is 9.80. The summed E-state index contributed by atoms with van der Waals surface area (Å²) in [5.74, 6) is -4.60. The maximum atomic E-state index is 13.8. The van der Waals surface area contributed by atoms with Crippen LogP contribution in [0.2, 0.25) is 0 Å². The van der Waals surface area contributed by atoms with E-state index in [9.17, 15) is 35.2 Å². The number of carbonyl (C=O) groups is 1. The monoisotopic (exact) mass is 505 g/mol. The van der Waals surface area contributed by atoms with Crippen molar-refractivity contribution < 1.29 is 35.2 Å². The first kappa shape index (κ1) is 24.3. The number of alkyl halides is 5. The minimum atomic E-state index is -4.79. The largest absolute Gasteiger partial charge is 0.433 e. The number of hydrogen-bond donors (Lipinski definition) is 2. The number of nitrogens with zero attached hydrogens (tertiary/aromatic N) is 3. The van der Waals surface area contributed by atoms with Crippen LogP contribution in [-0.4, -0.2) is 43.3 Å². The Morgan fingerprint density at radius 2 is 1.82 bits per heavy atom. The molecule has 1 aliphatic heterocycles. The zero-order chi connectivity index (χ0) is 24.9. The Morgan fingerprint density at radius 1 is 1.18 bits per heavy atom. The lowest BCUT2D eigenvalue weighted by atomic mass is 10.0. The molecule has 2 aliphatic rings. The highest BCUT2D eigenvalue weighted by Crippen LogP contribution is 2.47. The van der Waals surface area contributed by atoms with Crippen LogP contribution in [0.4, 0.5) is 33.5 Å². The lowest BCUT2D eigenvalue weighted by molar-refractivity contribution is -0.141. The van der Waals surface area contributed by atoms with Gasteiger partial charge in [0, 0.05) is 43.9 Å². The molecule has 0 radical (unpaired) electrons. The molecule has 2 fully saturated rings. The fraction of sp³-hybridized carbons (Fsp3) is 0.450. The molecule has 2 aromatic rings. The zero-order valence-electron chi connectivity index (χ0n) is 17.6. The van der Waals surface area contributed by atoms with E-state index in [1.807, 2.05) is 0 Å². The quantitative estimate of drug-likeness (QED) is 0.601. The Bertz CT molecular complexity index is 1220. The molecule has 0 atom stereocenters. The molecule has 0 unspecified atom stereocenters. The number of hydrogen-bond acceptors (Lipinski definition) is 6. The summed E-state index contributed by atoms with van der Waals surface area (Å²) >= 11 is 0. The normalized spacial score (nSPS) is 18.6. The highest BCUT2D eigenvalue weighted by atomic mass is 32.2. The van der Waals surface area contributed by atoms with Gasteiger partial charge in [-0.2, -0.15) is 13.2 Å². The van der Waals surface area contributed by atoms with Crippen molar-refractivity contribution in [2.24, 2.45) is 5.14 Å². The van der Waals surface area contributed by atoms with Crippen LogP contribution in [0.5, 0.6) is 0 Å². The Hall–Kier alpha value is -2.87. The highest BCUT2D eigenvalue weighted by molar-refractivity contribution is 7.89. The molecule has 1 aliphatic carbocycles. The van der Waals surface area contributed by atoms with Gasteiger partial charge in [0.1, 0.15) is 11.5 Å².